The fraction of sp³-hybridized carbons (Fsp3) is 0.263. The molecule has 0 radical (unpaired) electrons. The molecule has 6 nitrogen and oxygen atoms in total. The van der Waals surface area contributed by atoms with Crippen LogP contribution in [-0.2, 0) is 17.6 Å². The van der Waals surface area contributed by atoms with Crippen LogP contribution in [0.4, 0.5) is 5.69 Å². The lowest BCUT2D eigenvalue weighted by atomic mass is 10.0. The van der Waals surface area contributed by atoms with Crippen LogP contribution in [0.2, 0.25) is 0 Å². The largest absolute Gasteiger partial charge is 0.419 e. The summed E-state index contributed by atoms with van der Waals surface area (Å²) in [5.41, 5.74) is 2.90. The van der Waals surface area contributed by atoms with Crippen LogP contribution in [0.1, 0.15) is 24.3 Å². The number of nitrogens with zero attached hydrogens (tertiary/aromatic N) is 4. The van der Waals surface area contributed by atoms with Crippen molar-refractivity contribution in [2.75, 3.05) is 11.4 Å². The Labute approximate surface area is 145 Å². The Morgan fingerprint density at radius 1 is 1.12 bits per heavy atom. The van der Waals surface area contributed by atoms with E-state index in [1.807, 2.05) is 41.3 Å². The molecule has 2 aromatic heterocycles. The molecule has 0 unspecified atom stereocenters. The molecule has 1 aliphatic heterocycles. The molecule has 0 N–H and O–H groups in total. The smallest absolute Gasteiger partial charge is 0.266 e. The molecule has 0 spiro atoms. The molecule has 1 aromatic carbocycles. The van der Waals surface area contributed by atoms with Gasteiger partial charge in [0.15, 0.2) is 0 Å². The highest BCUT2D eigenvalue weighted by molar-refractivity contribution is 5.94. The SMILES string of the molecule is O=C(CCc1nnc(-c2ccccn2)o1)N1CCCc2ccccc21. The maximum Gasteiger partial charge on any atom is 0.266 e. The minimum Gasteiger partial charge on any atom is -0.419 e. The van der Waals surface area contributed by atoms with E-state index in [0.717, 1.165) is 25.1 Å². The zero-order chi connectivity index (χ0) is 17.1. The van der Waals surface area contributed by atoms with Gasteiger partial charge in [-0.05, 0) is 36.6 Å². The zero-order valence-electron chi connectivity index (χ0n) is 13.8. The number of carbonyl (C=O) groups excluding carboxylic acids is 1. The number of fused-ring (bicyclic) bond motifs is 1. The second kappa shape index (κ2) is 6.84. The second-order valence-electron chi connectivity index (χ2n) is 5.99. The van der Waals surface area contributed by atoms with Gasteiger partial charge < -0.3 is 9.32 Å². The Balaban J connectivity index is 1.42. The lowest BCUT2D eigenvalue weighted by Gasteiger charge is -2.29. The van der Waals surface area contributed by atoms with E-state index in [-0.39, 0.29) is 5.91 Å². The number of rotatable bonds is 4. The van der Waals surface area contributed by atoms with Crippen LogP contribution < -0.4 is 4.90 Å². The van der Waals surface area contributed by atoms with Crippen LogP contribution in [-0.4, -0.2) is 27.6 Å². The van der Waals surface area contributed by atoms with Crippen LogP contribution in [0.25, 0.3) is 11.6 Å². The van der Waals surface area contributed by atoms with Crippen molar-refractivity contribution in [2.45, 2.75) is 25.7 Å². The first-order valence-electron chi connectivity index (χ1n) is 8.43. The van der Waals surface area contributed by atoms with Crippen LogP contribution in [0, 0.1) is 0 Å². The summed E-state index contributed by atoms with van der Waals surface area (Å²) >= 11 is 0. The Morgan fingerprint density at radius 3 is 2.88 bits per heavy atom. The maximum atomic E-state index is 12.6. The molecule has 25 heavy (non-hydrogen) atoms. The van der Waals surface area contributed by atoms with Gasteiger partial charge in [0.2, 0.25) is 11.8 Å². The molecule has 1 aliphatic rings. The summed E-state index contributed by atoms with van der Waals surface area (Å²) in [4.78, 5) is 18.7. The minimum absolute atomic E-state index is 0.0877. The third-order valence-corrected chi connectivity index (χ3v) is 4.31. The number of para-hydroxylation sites is 1. The van der Waals surface area contributed by atoms with Crippen molar-refractivity contribution in [3.63, 3.8) is 0 Å². The second-order valence-corrected chi connectivity index (χ2v) is 5.99. The molecule has 126 valence electrons. The van der Waals surface area contributed by atoms with Crippen molar-refractivity contribution in [2.24, 2.45) is 0 Å². The molecule has 4 rings (SSSR count). The van der Waals surface area contributed by atoms with Gasteiger partial charge in [0.1, 0.15) is 5.69 Å². The number of amides is 1. The van der Waals surface area contributed by atoms with Crippen molar-refractivity contribution < 1.29 is 9.21 Å². The molecular weight excluding hydrogens is 316 g/mol. The van der Waals surface area contributed by atoms with Gasteiger partial charge in [-0.2, -0.15) is 0 Å². The lowest BCUT2D eigenvalue weighted by Crippen LogP contribution is -2.35. The van der Waals surface area contributed by atoms with Crippen molar-refractivity contribution >= 4 is 11.6 Å². The zero-order valence-corrected chi connectivity index (χ0v) is 13.8. The molecule has 0 atom stereocenters. The maximum absolute atomic E-state index is 12.6. The normalized spacial score (nSPS) is 13.5. The first kappa shape index (κ1) is 15.5. The Bertz CT molecular complexity index is 876. The fourth-order valence-electron chi connectivity index (χ4n) is 3.09. The summed E-state index contributed by atoms with van der Waals surface area (Å²) in [5, 5.41) is 8.04. The van der Waals surface area contributed by atoms with E-state index < -0.39 is 0 Å². The standard InChI is InChI=1S/C19H18N4O2/c24-18(23-13-5-7-14-6-1-2-9-16(14)23)11-10-17-21-22-19(25-17)15-8-3-4-12-20-15/h1-4,6,8-9,12H,5,7,10-11,13H2. The van der Waals surface area contributed by atoms with E-state index in [9.17, 15) is 4.79 Å². The third-order valence-electron chi connectivity index (χ3n) is 4.31. The number of carbonyl (C=O) groups is 1. The van der Waals surface area contributed by atoms with Crippen molar-refractivity contribution in [3.05, 3.63) is 60.1 Å². The van der Waals surface area contributed by atoms with E-state index in [0.29, 0.717) is 30.3 Å². The Hall–Kier alpha value is -3.02. The summed E-state index contributed by atoms with van der Waals surface area (Å²) in [6, 6.07) is 13.6. The van der Waals surface area contributed by atoms with Gasteiger partial charge in [-0.3, -0.25) is 9.78 Å². The van der Waals surface area contributed by atoms with E-state index in [4.69, 9.17) is 4.42 Å². The van der Waals surface area contributed by atoms with Gasteiger partial charge in [-0.1, -0.05) is 24.3 Å². The van der Waals surface area contributed by atoms with E-state index in [1.165, 1.54) is 5.56 Å². The number of aryl methyl sites for hydroxylation is 2. The molecule has 3 aromatic rings. The molecule has 0 bridgehead atoms. The Kier molecular flexibility index (Phi) is 4.24. The number of hydrogen-bond acceptors (Lipinski definition) is 5. The van der Waals surface area contributed by atoms with Gasteiger partial charge in [0, 0.05) is 31.3 Å². The number of anilines is 1. The average Bonchev–Trinajstić information content (AvgIpc) is 3.15. The van der Waals surface area contributed by atoms with Gasteiger partial charge >= 0.3 is 0 Å². The molecular formula is C19H18N4O2. The van der Waals surface area contributed by atoms with Crippen molar-refractivity contribution in [1.82, 2.24) is 15.2 Å². The summed E-state index contributed by atoms with van der Waals surface area (Å²) < 4.78 is 5.62. The predicted octanol–water partition coefficient (Wildman–Crippen LogP) is 3.04. The molecule has 0 saturated heterocycles. The monoisotopic (exact) mass is 334 g/mol. The molecule has 6 heteroatoms. The van der Waals surface area contributed by atoms with Gasteiger partial charge in [0.25, 0.3) is 5.89 Å². The topological polar surface area (TPSA) is 72.1 Å². The third kappa shape index (κ3) is 3.28. The minimum atomic E-state index is 0.0877. The molecule has 0 saturated carbocycles. The van der Waals surface area contributed by atoms with Crippen molar-refractivity contribution in [3.8, 4) is 11.6 Å². The lowest BCUT2D eigenvalue weighted by molar-refractivity contribution is -0.118. The molecule has 0 fully saturated rings. The highest BCUT2D eigenvalue weighted by atomic mass is 16.4. The van der Waals surface area contributed by atoms with Crippen LogP contribution >= 0.6 is 0 Å². The summed E-state index contributed by atoms with van der Waals surface area (Å²) in [6.07, 6.45) is 4.47. The summed E-state index contributed by atoms with van der Waals surface area (Å²) in [5.74, 6) is 0.926. The molecule has 0 aliphatic carbocycles. The highest BCUT2D eigenvalue weighted by Crippen LogP contribution is 2.27. The van der Waals surface area contributed by atoms with Crippen molar-refractivity contribution in [1.29, 1.82) is 0 Å². The van der Waals surface area contributed by atoms with E-state index in [1.54, 1.807) is 6.20 Å². The summed E-state index contributed by atoms with van der Waals surface area (Å²) in [6.45, 7) is 0.763. The molecule has 1 amide bonds. The quantitative estimate of drug-likeness (QED) is 0.733. The van der Waals surface area contributed by atoms with Crippen LogP contribution in [0.5, 0.6) is 0 Å². The van der Waals surface area contributed by atoms with Crippen LogP contribution in [0.15, 0.2) is 53.1 Å². The first-order valence-corrected chi connectivity index (χ1v) is 8.43. The number of aromatic nitrogens is 3. The predicted molar refractivity (Wildman–Crippen MR) is 93.0 cm³/mol. The van der Waals surface area contributed by atoms with E-state index in [2.05, 4.69) is 21.2 Å². The molecule has 3 heterocycles. The van der Waals surface area contributed by atoms with Crippen LogP contribution in [0.3, 0.4) is 0 Å². The fourth-order valence-corrected chi connectivity index (χ4v) is 3.09. The average molecular weight is 334 g/mol. The highest BCUT2D eigenvalue weighted by Gasteiger charge is 2.22. The number of hydrogen-bond donors (Lipinski definition) is 0. The Morgan fingerprint density at radius 2 is 2.00 bits per heavy atom. The van der Waals surface area contributed by atoms with Gasteiger partial charge in [0.05, 0.1) is 0 Å². The van der Waals surface area contributed by atoms with E-state index >= 15 is 0 Å². The number of pyridine rings is 1. The number of benzene rings is 1. The summed E-state index contributed by atoms with van der Waals surface area (Å²) in [7, 11) is 0. The first-order chi connectivity index (χ1) is 12.3. The van der Waals surface area contributed by atoms with Gasteiger partial charge in [-0.25, -0.2) is 0 Å². The van der Waals surface area contributed by atoms with Gasteiger partial charge in [-0.15, -0.1) is 10.2 Å².